The zero-order chi connectivity index (χ0) is 33.0. The molecule has 10 aromatic rings. The fourth-order valence-electron chi connectivity index (χ4n) is 7.13. The van der Waals surface area contributed by atoms with E-state index in [0.29, 0.717) is 17.5 Å². The molecule has 0 saturated carbocycles. The molecular formula is C45H28N4O. The Morgan fingerprint density at radius 3 is 1.68 bits per heavy atom. The maximum atomic E-state index is 6.29. The standard InChI is InChI=1S/C45H28N4O/c1-3-12-29(13-4-1)30-22-24-32(25-23-30)44-46-43(31-14-5-2-6-15-31)47-45(48-44)33-16-11-17-34(28-33)49-37-20-9-7-18-35(37)41-38(49)26-27-40-42(41)36-19-8-10-21-39(36)50-40/h1-28H. The lowest BCUT2D eigenvalue weighted by atomic mass is 10.0. The van der Waals surface area contributed by atoms with Gasteiger partial charge in [0.05, 0.1) is 11.0 Å². The second kappa shape index (κ2) is 11.4. The molecule has 3 heterocycles. The summed E-state index contributed by atoms with van der Waals surface area (Å²) in [7, 11) is 0. The smallest absolute Gasteiger partial charge is 0.164 e. The Morgan fingerprint density at radius 1 is 0.360 bits per heavy atom. The van der Waals surface area contributed by atoms with Crippen LogP contribution < -0.4 is 0 Å². The van der Waals surface area contributed by atoms with E-state index in [2.05, 4.69) is 126 Å². The van der Waals surface area contributed by atoms with Gasteiger partial charge in [-0.2, -0.15) is 0 Å². The summed E-state index contributed by atoms with van der Waals surface area (Å²) in [4.78, 5) is 15.1. The molecule has 0 aliphatic heterocycles. The molecule has 10 rings (SSSR count). The van der Waals surface area contributed by atoms with Crippen molar-refractivity contribution in [3.63, 3.8) is 0 Å². The zero-order valence-corrected chi connectivity index (χ0v) is 26.9. The molecule has 0 spiro atoms. The van der Waals surface area contributed by atoms with E-state index >= 15 is 0 Å². The lowest BCUT2D eigenvalue weighted by Gasteiger charge is -2.12. The van der Waals surface area contributed by atoms with E-state index in [4.69, 9.17) is 19.4 Å². The van der Waals surface area contributed by atoms with E-state index in [9.17, 15) is 0 Å². The number of rotatable bonds is 5. The van der Waals surface area contributed by atoms with E-state index in [1.807, 2.05) is 48.5 Å². The van der Waals surface area contributed by atoms with Crippen LogP contribution in [0.1, 0.15) is 0 Å². The van der Waals surface area contributed by atoms with Crippen LogP contribution in [-0.2, 0) is 0 Å². The monoisotopic (exact) mass is 640 g/mol. The molecule has 234 valence electrons. The van der Waals surface area contributed by atoms with Crippen molar-refractivity contribution in [3.8, 4) is 51.0 Å². The maximum Gasteiger partial charge on any atom is 0.164 e. The van der Waals surface area contributed by atoms with Gasteiger partial charge in [0.15, 0.2) is 17.5 Å². The van der Waals surface area contributed by atoms with Crippen LogP contribution in [-0.4, -0.2) is 19.5 Å². The number of para-hydroxylation sites is 2. The Bertz CT molecular complexity index is 2850. The lowest BCUT2D eigenvalue weighted by molar-refractivity contribution is 0.669. The summed E-state index contributed by atoms with van der Waals surface area (Å²) in [6.07, 6.45) is 0. The molecule has 0 fully saturated rings. The van der Waals surface area contributed by atoms with Crippen molar-refractivity contribution in [2.45, 2.75) is 0 Å². The molecule has 0 N–H and O–H groups in total. The normalized spacial score (nSPS) is 11.6. The Hall–Kier alpha value is -6.85. The first kappa shape index (κ1) is 28.2. The van der Waals surface area contributed by atoms with E-state index in [1.165, 1.54) is 16.3 Å². The number of fused-ring (bicyclic) bond motifs is 7. The molecule has 7 aromatic carbocycles. The van der Waals surface area contributed by atoms with Crippen molar-refractivity contribution >= 4 is 43.7 Å². The number of nitrogens with zero attached hydrogens (tertiary/aromatic N) is 4. The first-order valence-corrected chi connectivity index (χ1v) is 16.7. The Morgan fingerprint density at radius 2 is 0.920 bits per heavy atom. The summed E-state index contributed by atoms with van der Waals surface area (Å²) in [5.74, 6) is 1.88. The third-order valence-electron chi connectivity index (χ3n) is 9.46. The molecule has 5 heteroatoms. The number of hydrogen-bond acceptors (Lipinski definition) is 4. The summed E-state index contributed by atoms with van der Waals surface area (Å²) in [5, 5.41) is 4.61. The van der Waals surface area contributed by atoms with E-state index in [0.717, 1.165) is 60.9 Å². The molecule has 0 aliphatic carbocycles. The maximum absolute atomic E-state index is 6.29. The predicted molar refractivity (Wildman–Crippen MR) is 203 cm³/mol. The van der Waals surface area contributed by atoms with Crippen LogP contribution in [0.15, 0.2) is 174 Å². The summed E-state index contributed by atoms with van der Waals surface area (Å²) >= 11 is 0. The Labute approximate surface area is 287 Å². The highest BCUT2D eigenvalue weighted by Gasteiger charge is 2.19. The van der Waals surface area contributed by atoms with Gasteiger partial charge < -0.3 is 8.98 Å². The molecule has 0 amide bonds. The van der Waals surface area contributed by atoms with Crippen LogP contribution in [0.3, 0.4) is 0 Å². The number of benzene rings is 7. The molecular weight excluding hydrogens is 613 g/mol. The lowest BCUT2D eigenvalue weighted by Crippen LogP contribution is -2.01. The average molecular weight is 641 g/mol. The third kappa shape index (κ3) is 4.60. The minimum Gasteiger partial charge on any atom is -0.456 e. The molecule has 3 aromatic heterocycles. The minimum absolute atomic E-state index is 0.617. The van der Waals surface area contributed by atoms with Crippen LogP contribution >= 0.6 is 0 Å². The molecule has 0 bridgehead atoms. The van der Waals surface area contributed by atoms with Gasteiger partial charge in [-0.25, -0.2) is 15.0 Å². The van der Waals surface area contributed by atoms with Gasteiger partial charge in [0, 0.05) is 43.9 Å². The van der Waals surface area contributed by atoms with Crippen molar-refractivity contribution in [2.24, 2.45) is 0 Å². The fraction of sp³-hybridized carbons (Fsp3) is 0. The van der Waals surface area contributed by atoms with Crippen molar-refractivity contribution < 1.29 is 4.42 Å². The highest BCUT2D eigenvalue weighted by Crippen LogP contribution is 2.41. The summed E-state index contributed by atoms with van der Waals surface area (Å²) in [5.41, 5.74) is 10.1. The van der Waals surface area contributed by atoms with Gasteiger partial charge >= 0.3 is 0 Å². The van der Waals surface area contributed by atoms with Gasteiger partial charge in [0.25, 0.3) is 0 Å². The van der Waals surface area contributed by atoms with Crippen LogP contribution in [0.2, 0.25) is 0 Å². The van der Waals surface area contributed by atoms with E-state index in [-0.39, 0.29) is 0 Å². The van der Waals surface area contributed by atoms with Gasteiger partial charge in [-0.3, -0.25) is 0 Å². The number of furan rings is 1. The highest BCUT2D eigenvalue weighted by atomic mass is 16.3. The zero-order valence-electron chi connectivity index (χ0n) is 26.9. The van der Waals surface area contributed by atoms with E-state index < -0.39 is 0 Å². The van der Waals surface area contributed by atoms with Gasteiger partial charge in [0.1, 0.15) is 11.2 Å². The quantitative estimate of drug-likeness (QED) is 0.188. The van der Waals surface area contributed by atoms with Crippen LogP contribution in [0.25, 0.3) is 94.7 Å². The number of aromatic nitrogens is 4. The Balaban J connectivity index is 1.15. The summed E-state index contributed by atoms with van der Waals surface area (Å²) in [6.45, 7) is 0. The molecule has 0 atom stereocenters. The first-order chi connectivity index (χ1) is 24.8. The third-order valence-corrected chi connectivity index (χ3v) is 9.46. The first-order valence-electron chi connectivity index (χ1n) is 16.7. The van der Waals surface area contributed by atoms with Crippen molar-refractivity contribution in [3.05, 3.63) is 170 Å². The highest BCUT2D eigenvalue weighted by molar-refractivity contribution is 6.27. The topological polar surface area (TPSA) is 56.7 Å². The van der Waals surface area contributed by atoms with Gasteiger partial charge in [-0.05, 0) is 47.5 Å². The molecule has 0 aliphatic rings. The second-order valence-corrected chi connectivity index (χ2v) is 12.4. The van der Waals surface area contributed by atoms with Crippen molar-refractivity contribution in [1.82, 2.24) is 19.5 Å². The fourth-order valence-corrected chi connectivity index (χ4v) is 7.13. The largest absolute Gasteiger partial charge is 0.456 e. The van der Waals surface area contributed by atoms with Gasteiger partial charge in [-0.15, -0.1) is 0 Å². The molecule has 50 heavy (non-hydrogen) atoms. The second-order valence-electron chi connectivity index (χ2n) is 12.4. The SMILES string of the molecule is c1ccc(-c2ccc(-c3nc(-c4ccccc4)nc(-c4cccc(-n5c6ccccc6c6c7c(ccc65)oc5ccccc57)c4)n3)cc2)cc1. The summed E-state index contributed by atoms with van der Waals surface area (Å²) < 4.78 is 8.63. The average Bonchev–Trinajstić information content (AvgIpc) is 3.74. The number of hydrogen-bond donors (Lipinski definition) is 0. The molecule has 0 unspecified atom stereocenters. The van der Waals surface area contributed by atoms with E-state index in [1.54, 1.807) is 0 Å². The molecule has 0 radical (unpaired) electrons. The Kier molecular flexibility index (Phi) is 6.42. The minimum atomic E-state index is 0.617. The summed E-state index contributed by atoms with van der Waals surface area (Å²) in [6, 6.07) is 58.5. The van der Waals surface area contributed by atoms with Gasteiger partial charge in [-0.1, -0.05) is 133 Å². The van der Waals surface area contributed by atoms with Crippen LogP contribution in [0, 0.1) is 0 Å². The van der Waals surface area contributed by atoms with Gasteiger partial charge in [0.2, 0.25) is 0 Å². The molecule has 5 nitrogen and oxygen atoms in total. The van der Waals surface area contributed by atoms with Crippen LogP contribution in [0.5, 0.6) is 0 Å². The van der Waals surface area contributed by atoms with Crippen molar-refractivity contribution in [1.29, 1.82) is 0 Å². The predicted octanol–water partition coefficient (Wildman–Crippen LogP) is 11.5. The van der Waals surface area contributed by atoms with Crippen molar-refractivity contribution in [2.75, 3.05) is 0 Å². The molecule has 0 saturated heterocycles. The van der Waals surface area contributed by atoms with Crippen LogP contribution in [0.4, 0.5) is 0 Å².